The summed E-state index contributed by atoms with van der Waals surface area (Å²) in [6, 6.07) is 11.9. The number of hydrogen-bond acceptors (Lipinski definition) is 2. The van der Waals surface area contributed by atoms with E-state index in [1.54, 1.807) is 43.3 Å². The van der Waals surface area contributed by atoms with E-state index in [2.05, 4.69) is 21.9 Å². The number of hydrogen-bond donors (Lipinski definition) is 3. The first-order valence-electron chi connectivity index (χ1n) is 7.64. The summed E-state index contributed by atoms with van der Waals surface area (Å²) in [5.74, 6) is 1.71. The number of carbonyl (C=O) groups is 2. The highest BCUT2D eigenvalue weighted by atomic mass is 19.1. The van der Waals surface area contributed by atoms with Crippen molar-refractivity contribution in [2.75, 3.05) is 11.9 Å². The Balaban J connectivity index is 1.81. The summed E-state index contributed by atoms with van der Waals surface area (Å²) in [7, 11) is 0. The number of rotatable bonds is 5. The fourth-order valence-corrected chi connectivity index (χ4v) is 2.16. The average Bonchev–Trinajstić information content (AvgIpc) is 2.60. The molecular weight excluding hydrogens is 321 g/mol. The van der Waals surface area contributed by atoms with Crippen LogP contribution in [0.4, 0.5) is 14.9 Å². The van der Waals surface area contributed by atoms with Gasteiger partial charge in [-0.15, -0.1) is 6.42 Å². The topological polar surface area (TPSA) is 70.2 Å². The van der Waals surface area contributed by atoms with E-state index >= 15 is 0 Å². The van der Waals surface area contributed by atoms with Crippen molar-refractivity contribution in [3.63, 3.8) is 0 Å². The Bertz CT molecular complexity index is 814. The van der Waals surface area contributed by atoms with Crippen molar-refractivity contribution in [1.29, 1.82) is 0 Å². The minimum Gasteiger partial charge on any atom is -0.332 e. The molecule has 0 radical (unpaired) electrons. The first kappa shape index (κ1) is 18.0. The predicted molar refractivity (Wildman–Crippen MR) is 94.4 cm³/mol. The molecule has 0 saturated heterocycles. The summed E-state index contributed by atoms with van der Waals surface area (Å²) in [6.45, 7) is 1.52. The van der Waals surface area contributed by atoms with E-state index in [0.29, 0.717) is 16.8 Å². The lowest BCUT2D eigenvalue weighted by Crippen LogP contribution is -2.41. The van der Waals surface area contributed by atoms with Crippen LogP contribution < -0.4 is 16.0 Å². The van der Waals surface area contributed by atoms with Gasteiger partial charge in [-0.25, -0.2) is 9.18 Å². The number of terminal acetylenes is 1. The molecule has 25 heavy (non-hydrogen) atoms. The van der Waals surface area contributed by atoms with Gasteiger partial charge in [0.05, 0.1) is 12.6 Å². The van der Waals surface area contributed by atoms with Crippen LogP contribution in [-0.2, 0) is 4.79 Å². The Morgan fingerprint density at radius 3 is 2.68 bits per heavy atom. The van der Waals surface area contributed by atoms with Gasteiger partial charge >= 0.3 is 6.03 Å². The van der Waals surface area contributed by atoms with Gasteiger partial charge in [0.2, 0.25) is 5.91 Å². The summed E-state index contributed by atoms with van der Waals surface area (Å²) in [5, 5.41) is 7.73. The Morgan fingerprint density at radius 2 is 1.96 bits per heavy atom. The monoisotopic (exact) mass is 339 g/mol. The summed E-state index contributed by atoms with van der Waals surface area (Å²) in [6.07, 6.45) is 5.30. The molecule has 2 aromatic carbocycles. The van der Waals surface area contributed by atoms with E-state index in [1.165, 1.54) is 12.1 Å². The second-order valence-corrected chi connectivity index (χ2v) is 5.38. The first-order chi connectivity index (χ1) is 12.0. The average molecular weight is 339 g/mol. The molecule has 2 rings (SSSR count). The predicted octanol–water partition coefficient (Wildman–Crippen LogP) is 2.81. The third-order valence-electron chi connectivity index (χ3n) is 3.42. The maximum Gasteiger partial charge on any atom is 0.315 e. The summed E-state index contributed by atoms with van der Waals surface area (Å²) in [4.78, 5) is 23.7. The van der Waals surface area contributed by atoms with Gasteiger partial charge < -0.3 is 16.0 Å². The molecule has 5 nitrogen and oxygen atoms in total. The molecule has 3 N–H and O–H groups in total. The third kappa shape index (κ3) is 5.66. The van der Waals surface area contributed by atoms with E-state index in [4.69, 9.17) is 6.42 Å². The van der Waals surface area contributed by atoms with Crippen molar-refractivity contribution in [2.45, 2.75) is 13.0 Å². The van der Waals surface area contributed by atoms with Crippen molar-refractivity contribution in [3.05, 3.63) is 65.5 Å². The molecule has 0 unspecified atom stereocenters. The van der Waals surface area contributed by atoms with Crippen LogP contribution in [0.25, 0.3) is 0 Å². The van der Waals surface area contributed by atoms with Crippen LogP contribution >= 0.6 is 0 Å². The molecular formula is C19H18FN3O2. The molecule has 0 aromatic heterocycles. The van der Waals surface area contributed by atoms with Crippen LogP contribution in [0.2, 0.25) is 0 Å². The van der Waals surface area contributed by atoms with Gasteiger partial charge in [-0.3, -0.25) is 4.79 Å². The van der Waals surface area contributed by atoms with Crippen molar-refractivity contribution in [1.82, 2.24) is 10.6 Å². The van der Waals surface area contributed by atoms with Gasteiger partial charge in [0.15, 0.2) is 0 Å². The van der Waals surface area contributed by atoms with E-state index in [9.17, 15) is 14.0 Å². The van der Waals surface area contributed by atoms with Crippen molar-refractivity contribution >= 4 is 17.6 Å². The first-order valence-corrected chi connectivity index (χ1v) is 7.64. The normalized spacial score (nSPS) is 11.1. The molecule has 0 fully saturated rings. The molecule has 0 bridgehead atoms. The van der Waals surface area contributed by atoms with E-state index in [-0.39, 0.29) is 18.3 Å². The second kappa shape index (κ2) is 8.50. The van der Waals surface area contributed by atoms with Crippen molar-refractivity contribution in [3.8, 4) is 12.3 Å². The largest absolute Gasteiger partial charge is 0.332 e. The zero-order valence-corrected chi connectivity index (χ0v) is 13.7. The van der Waals surface area contributed by atoms with Gasteiger partial charge in [-0.2, -0.15) is 0 Å². The molecule has 0 aliphatic heterocycles. The second-order valence-electron chi connectivity index (χ2n) is 5.38. The lowest BCUT2D eigenvalue weighted by Gasteiger charge is -2.15. The Morgan fingerprint density at radius 1 is 1.20 bits per heavy atom. The molecule has 3 amide bonds. The summed E-state index contributed by atoms with van der Waals surface area (Å²) < 4.78 is 13.2. The number of nitrogens with one attached hydrogen (secondary N) is 3. The van der Waals surface area contributed by atoms with Crippen molar-refractivity contribution in [2.24, 2.45) is 0 Å². The van der Waals surface area contributed by atoms with Crippen LogP contribution in [0, 0.1) is 18.2 Å². The van der Waals surface area contributed by atoms with Gasteiger partial charge in [0.25, 0.3) is 0 Å². The van der Waals surface area contributed by atoms with Crippen LogP contribution in [0.15, 0.2) is 48.5 Å². The fourth-order valence-electron chi connectivity index (χ4n) is 2.16. The fraction of sp³-hybridized carbons (Fsp3) is 0.158. The molecule has 0 spiro atoms. The van der Waals surface area contributed by atoms with Gasteiger partial charge in [0, 0.05) is 11.3 Å². The van der Waals surface area contributed by atoms with Crippen LogP contribution in [0.5, 0.6) is 0 Å². The zero-order chi connectivity index (χ0) is 18.2. The number of amides is 3. The van der Waals surface area contributed by atoms with Gasteiger partial charge in [0.1, 0.15) is 5.82 Å². The zero-order valence-electron chi connectivity index (χ0n) is 13.7. The highest BCUT2D eigenvalue weighted by Gasteiger charge is 2.11. The summed E-state index contributed by atoms with van der Waals surface area (Å²) in [5.41, 5.74) is 1.83. The minimum absolute atomic E-state index is 0.206. The minimum atomic E-state index is -0.524. The highest BCUT2D eigenvalue weighted by molar-refractivity contribution is 5.94. The number of carbonyl (C=O) groups excluding carboxylic acids is 2. The Kier molecular flexibility index (Phi) is 6.13. The lowest BCUT2D eigenvalue weighted by molar-refractivity contribution is -0.115. The highest BCUT2D eigenvalue weighted by Crippen LogP contribution is 2.13. The van der Waals surface area contributed by atoms with Gasteiger partial charge in [-0.1, -0.05) is 24.1 Å². The SMILES string of the molecule is C#Cc1cccc(NC(=O)CNC(=O)N[C@@H](C)c2cccc(F)c2)c1. The Hall–Kier alpha value is -3.33. The standard InChI is InChI=1S/C19H18FN3O2/c1-3-14-6-4-9-17(10-14)23-18(24)12-21-19(25)22-13(2)15-7-5-8-16(20)11-15/h1,4-11,13H,12H2,2H3,(H,23,24)(H2,21,22,25)/t13-/m0/s1. The summed E-state index contributed by atoms with van der Waals surface area (Å²) >= 11 is 0. The maximum absolute atomic E-state index is 13.2. The molecule has 0 heterocycles. The van der Waals surface area contributed by atoms with Crippen LogP contribution in [-0.4, -0.2) is 18.5 Å². The molecule has 0 saturated carbocycles. The van der Waals surface area contributed by atoms with E-state index in [1.807, 2.05) is 0 Å². The van der Waals surface area contributed by atoms with E-state index < -0.39 is 12.1 Å². The molecule has 128 valence electrons. The van der Waals surface area contributed by atoms with Crippen LogP contribution in [0.3, 0.4) is 0 Å². The lowest BCUT2D eigenvalue weighted by atomic mass is 10.1. The number of benzene rings is 2. The smallest absolute Gasteiger partial charge is 0.315 e. The van der Waals surface area contributed by atoms with Gasteiger partial charge in [-0.05, 0) is 42.8 Å². The number of anilines is 1. The number of urea groups is 1. The number of halogens is 1. The van der Waals surface area contributed by atoms with Crippen molar-refractivity contribution < 1.29 is 14.0 Å². The quantitative estimate of drug-likeness (QED) is 0.733. The molecule has 0 aliphatic carbocycles. The molecule has 1 atom stereocenters. The Labute approximate surface area is 145 Å². The maximum atomic E-state index is 13.2. The third-order valence-corrected chi connectivity index (χ3v) is 3.42. The molecule has 0 aliphatic rings. The molecule has 2 aromatic rings. The van der Waals surface area contributed by atoms with Crippen LogP contribution in [0.1, 0.15) is 24.1 Å². The van der Waals surface area contributed by atoms with E-state index in [0.717, 1.165) is 0 Å². The molecule has 6 heteroatoms.